The molecular weight excluding hydrogens is 430 g/mol. The first kappa shape index (κ1) is 21.9. The van der Waals surface area contributed by atoms with E-state index in [9.17, 15) is 26.8 Å². The SMILES string of the molecule is CCOC(=O)[C@@H]1C[C@@H](S(=O)(=O)c2ccc(Cl)cn2)C[C@H]1C(=O)N1CCC(F)(F)C1. The molecule has 11 heteroatoms. The molecule has 29 heavy (non-hydrogen) atoms. The molecule has 1 aromatic heterocycles. The maximum atomic E-state index is 13.5. The second-order valence-electron chi connectivity index (χ2n) is 7.28. The second-order valence-corrected chi connectivity index (χ2v) is 9.90. The van der Waals surface area contributed by atoms with Crippen LogP contribution in [0.3, 0.4) is 0 Å². The van der Waals surface area contributed by atoms with Crippen molar-refractivity contribution in [3.63, 3.8) is 0 Å². The predicted octanol–water partition coefficient (Wildman–Crippen LogP) is 2.33. The fourth-order valence-electron chi connectivity index (χ4n) is 3.89. The number of sulfone groups is 1. The van der Waals surface area contributed by atoms with E-state index in [1.54, 1.807) is 6.92 Å². The zero-order chi connectivity index (χ0) is 21.4. The molecule has 1 aromatic rings. The number of carbonyl (C=O) groups is 2. The molecule has 1 saturated carbocycles. The molecule has 1 aliphatic heterocycles. The van der Waals surface area contributed by atoms with Crippen LogP contribution in [0, 0.1) is 11.8 Å². The Morgan fingerprint density at radius 2 is 2.00 bits per heavy atom. The molecule has 3 rings (SSSR count). The highest BCUT2D eigenvalue weighted by molar-refractivity contribution is 7.92. The van der Waals surface area contributed by atoms with Gasteiger partial charge < -0.3 is 9.64 Å². The molecule has 0 bridgehead atoms. The lowest BCUT2D eigenvalue weighted by Gasteiger charge is -2.23. The lowest BCUT2D eigenvalue weighted by molar-refractivity contribution is -0.153. The predicted molar refractivity (Wildman–Crippen MR) is 99.2 cm³/mol. The van der Waals surface area contributed by atoms with E-state index in [2.05, 4.69) is 4.98 Å². The van der Waals surface area contributed by atoms with Crippen LogP contribution in [0.2, 0.25) is 5.02 Å². The second kappa shape index (κ2) is 8.14. The van der Waals surface area contributed by atoms with Crippen LogP contribution < -0.4 is 0 Å². The topological polar surface area (TPSA) is 93.6 Å². The molecule has 1 aliphatic carbocycles. The van der Waals surface area contributed by atoms with Crippen LogP contribution >= 0.6 is 11.6 Å². The van der Waals surface area contributed by atoms with Gasteiger partial charge in [-0.3, -0.25) is 9.59 Å². The Bertz CT molecular complexity index is 894. The van der Waals surface area contributed by atoms with Crippen LogP contribution in [0.5, 0.6) is 0 Å². The van der Waals surface area contributed by atoms with Gasteiger partial charge in [0.1, 0.15) is 0 Å². The van der Waals surface area contributed by atoms with Gasteiger partial charge in [-0.05, 0) is 31.9 Å². The summed E-state index contributed by atoms with van der Waals surface area (Å²) in [6.07, 6.45) is 0.455. The van der Waals surface area contributed by atoms with Crippen molar-refractivity contribution >= 4 is 33.3 Å². The van der Waals surface area contributed by atoms with Gasteiger partial charge in [-0.2, -0.15) is 0 Å². The first-order valence-corrected chi connectivity index (χ1v) is 11.2. The number of hydrogen-bond acceptors (Lipinski definition) is 6. The number of ether oxygens (including phenoxy) is 1. The summed E-state index contributed by atoms with van der Waals surface area (Å²) in [4.78, 5) is 30.1. The largest absolute Gasteiger partial charge is 0.466 e. The van der Waals surface area contributed by atoms with E-state index in [0.717, 1.165) is 4.90 Å². The molecule has 7 nitrogen and oxygen atoms in total. The number of hydrogen-bond donors (Lipinski definition) is 0. The molecule has 3 atom stereocenters. The van der Waals surface area contributed by atoms with E-state index < -0.39 is 57.7 Å². The van der Waals surface area contributed by atoms with E-state index in [0.29, 0.717) is 0 Å². The number of rotatable bonds is 5. The van der Waals surface area contributed by atoms with Gasteiger partial charge in [0.05, 0.1) is 35.3 Å². The summed E-state index contributed by atoms with van der Waals surface area (Å²) in [6, 6.07) is 2.64. The minimum atomic E-state index is -3.95. The fourth-order valence-corrected chi connectivity index (χ4v) is 5.72. The third kappa shape index (κ3) is 4.53. The summed E-state index contributed by atoms with van der Waals surface area (Å²) >= 11 is 5.75. The lowest BCUT2D eigenvalue weighted by Crippen LogP contribution is -2.39. The van der Waals surface area contributed by atoms with E-state index >= 15 is 0 Å². The Labute approximate surface area is 172 Å². The van der Waals surface area contributed by atoms with Gasteiger partial charge in [-0.25, -0.2) is 22.2 Å². The van der Waals surface area contributed by atoms with Crippen molar-refractivity contribution in [2.24, 2.45) is 11.8 Å². The zero-order valence-electron chi connectivity index (χ0n) is 15.7. The van der Waals surface area contributed by atoms with Gasteiger partial charge in [-0.1, -0.05) is 11.6 Å². The van der Waals surface area contributed by atoms with Crippen molar-refractivity contribution in [2.45, 2.75) is 42.4 Å². The Morgan fingerprint density at radius 3 is 2.55 bits per heavy atom. The van der Waals surface area contributed by atoms with Crippen LogP contribution in [0.1, 0.15) is 26.2 Å². The third-order valence-corrected chi connectivity index (χ3v) is 7.65. The lowest BCUT2D eigenvalue weighted by atomic mass is 9.95. The number of carbonyl (C=O) groups excluding carboxylic acids is 2. The summed E-state index contributed by atoms with van der Waals surface area (Å²) in [5.41, 5.74) is 0. The highest BCUT2D eigenvalue weighted by Crippen LogP contribution is 2.41. The van der Waals surface area contributed by atoms with Crippen LogP contribution in [-0.2, 0) is 24.2 Å². The summed E-state index contributed by atoms with van der Waals surface area (Å²) < 4.78 is 58.0. The molecule has 0 unspecified atom stereocenters. The molecule has 0 N–H and O–H groups in total. The summed E-state index contributed by atoms with van der Waals surface area (Å²) in [5.74, 6) is -6.36. The number of pyridine rings is 1. The monoisotopic (exact) mass is 450 g/mol. The zero-order valence-corrected chi connectivity index (χ0v) is 17.3. The summed E-state index contributed by atoms with van der Waals surface area (Å²) in [7, 11) is -3.95. The molecule has 0 spiro atoms. The highest BCUT2D eigenvalue weighted by atomic mass is 35.5. The summed E-state index contributed by atoms with van der Waals surface area (Å²) in [6.45, 7) is 0.798. The van der Waals surface area contributed by atoms with Gasteiger partial charge >= 0.3 is 5.97 Å². The van der Waals surface area contributed by atoms with Crippen molar-refractivity contribution in [3.8, 4) is 0 Å². The van der Waals surface area contributed by atoms with Crippen LogP contribution in [0.4, 0.5) is 8.78 Å². The Morgan fingerprint density at radius 1 is 1.31 bits per heavy atom. The fraction of sp³-hybridized carbons (Fsp3) is 0.611. The Kier molecular flexibility index (Phi) is 6.14. The van der Waals surface area contributed by atoms with Crippen molar-refractivity contribution in [3.05, 3.63) is 23.4 Å². The van der Waals surface area contributed by atoms with Gasteiger partial charge in [0.15, 0.2) is 14.9 Å². The smallest absolute Gasteiger partial charge is 0.309 e. The molecular formula is C18H21ClF2N2O5S. The standard InChI is InChI=1S/C18H21ClF2N2O5S/c1-2-28-17(25)14-8-12(29(26,27)15-4-3-11(19)9-22-15)7-13(14)16(24)23-6-5-18(20,21)10-23/h3-4,9,12-14H,2,5-8,10H2,1H3/t12-,13+,14+/m0/s1. The number of aromatic nitrogens is 1. The number of alkyl halides is 2. The molecule has 160 valence electrons. The Balaban J connectivity index is 1.86. The molecule has 2 aliphatic rings. The van der Waals surface area contributed by atoms with E-state index in [1.807, 2.05) is 0 Å². The highest BCUT2D eigenvalue weighted by Gasteiger charge is 2.51. The molecule has 2 fully saturated rings. The maximum Gasteiger partial charge on any atom is 0.309 e. The van der Waals surface area contributed by atoms with Crippen molar-refractivity contribution < 1.29 is 31.5 Å². The summed E-state index contributed by atoms with van der Waals surface area (Å²) in [5, 5.41) is -0.999. The molecule has 1 saturated heterocycles. The number of nitrogens with zero attached hydrogens (tertiary/aromatic N) is 2. The van der Waals surface area contributed by atoms with Crippen LogP contribution in [0.15, 0.2) is 23.4 Å². The first-order chi connectivity index (χ1) is 13.5. The third-order valence-electron chi connectivity index (χ3n) is 5.34. The number of amides is 1. The maximum absolute atomic E-state index is 13.5. The minimum absolute atomic E-state index is 0.0637. The van der Waals surface area contributed by atoms with Crippen molar-refractivity contribution in [1.29, 1.82) is 0 Å². The Hall–Kier alpha value is -1.81. The number of likely N-dealkylation sites (tertiary alicyclic amines) is 1. The average molecular weight is 451 g/mol. The minimum Gasteiger partial charge on any atom is -0.466 e. The van der Waals surface area contributed by atoms with Gasteiger partial charge in [0.25, 0.3) is 5.92 Å². The quantitative estimate of drug-likeness (QED) is 0.639. The average Bonchev–Trinajstić information content (AvgIpc) is 3.26. The van der Waals surface area contributed by atoms with E-state index in [-0.39, 0.29) is 36.0 Å². The van der Waals surface area contributed by atoms with Gasteiger partial charge in [0.2, 0.25) is 5.91 Å². The molecule has 2 heterocycles. The van der Waals surface area contributed by atoms with Gasteiger partial charge in [0, 0.05) is 19.2 Å². The van der Waals surface area contributed by atoms with Gasteiger partial charge in [-0.15, -0.1) is 0 Å². The number of esters is 1. The molecule has 1 amide bonds. The van der Waals surface area contributed by atoms with Crippen LogP contribution in [-0.4, -0.2) is 61.0 Å². The molecule has 0 radical (unpaired) electrons. The van der Waals surface area contributed by atoms with Crippen molar-refractivity contribution in [1.82, 2.24) is 9.88 Å². The molecule has 0 aromatic carbocycles. The number of halogens is 3. The first-order valence-electron chi connectivity index (χ1n) is 9.24. The normalized spacial score (nSPS) is 26.5. The van der Waals surface area contributed by atoms with Crippen LogP contribution in [0.25, 0.3) is 0 Å². The van der Waals surface area contributed by atoms with Crippen molar-refractivity contribution in [2.75, 3.05) is 19.7 Å². The van der Waals surface area contributed by atoms with E-state index in [4.69, 9.17) is 16.3 Å². The van der Waals surface area contributed by atoms with E-state index in [1.165, 1.54) is 18.3 Å².